The fraction of sp³-hybridized carbons (Fsp3) is 0.440. The summed E-state index contributed by atoms with van der Waals surface area (Å²) in [7, 11) is 0. The molecular formula is C25H33NO7. The standard InChI is InChI=1S/C25H33NO7/c1-17(22(28)15-27)32-23(29)21(26-24(30)33-25(2,3)4)14-18-10-12-20(13-11-18)31-16-19-8-6-5-7-9-19/h5-13,17,21-22,27-28H,14-16H2,1-4H3,(H,26,30)/t17-,21?,22+/m0/s1. The Morgan fingerprint density at radius 2 is 1.64 bits per heavy atom. The number of carbonyl (C=O) groups is 2. The van der Waals surface area contributed by atoms with E-state index in [0.29, 0.717) is 12.4 Å². The van der Waals surface area contributed by atoms with Gasteiger partial charge in [0.25, 0.3) is 0 Å². The molecule has 0 bridgehead atoms. The van der Waals surface area contributed by atoms with Crippen LogP contribution in [0.25, 0.3) is 0 Å². The second-order valence-electron chi connectivity index (χ2n) is 8.71. The minimum atomic E-state index is -1.22. The molecule has 180 valence electrons. The number of amides is 1. The Labute approximate surface area is 194 Å². The lowest BCUT2D eigenvalue weighted by molar-refractivity contribution is -0.157. The van der Waals surface area contributed by atoms with Crippen molar-refractivity contribution in [2.75, 3.05) is 6.61 Å². The molecule has 1 unspecified atom stereocenters. The van der Waals surface area contributed by atoms with Crippen molar-refractivity contribution in [3.8, 4) is 5.75 Å². The Bertz CT molecular complexity index is 878. The summed E-state index contributed by atoms with van der Waals surface area (Å²) in [5.74, 6) is -0.0771. The van der Waals surface area contributed by atoms with Crippen LogP contribution in [0.3, 0.4) is 0 Å². The van der Waals surface area contributed by atoms with Gasteiger partial charge in [-0.1, -0.05) is 42.5 Å². The summed E-state index contributed by atoms with van der Waals surface area (Å²) in [6, 6.07) is 15.9. The average Bonchev–Trinajstić information content (AvgIpc) is 2.76. The Morgan fingerprint density at radius 1 is 1.00 bits per heavy atom. The van der Waals surface area contributed by atoms with Crippen LogP contribution in [0.5, 0.6) is 5.75 Å². The first-order valence-electron chi connectivity index (χ1n) is 10.8. The smallest absolute Gasteiger partial charge is 0.408 e. The van der Waals surface area contributed by atoms with Gasteiger partial charge in [-0.15, -0.1) is 0 Å². The number of esters is 1. The second kappa shape index (κ2) is 12.2. The quantitative estimate of drug-likeness (QED) is 0.468. The Hall–Kier alpha value is -3.10. The van der Waals surface area contributed by atoms with Gasteiger partial charge in [0.15, 0.2) is 0 Å². The van der Waals surface area contributed by atoms with Gasteiger partial charge in [-0.2, -0.15) is 0 Å². The van der Waals surface area contributed by atoms with Crippen molar-refractivity contribution < 1.29 is 34.0 Å². The predicted molar refractivity (Wildman–Crippen MR) is 123 cm³/mol. The van der Waals surface area contributed by atoms with E-state index in [9.17, 15) is 14.7 Å². The number of hydrogen-bond donors (Lipinski definition) is 3. The van der Waals surface area contributed by atoms with Crippen molar-refractivity contribution in [3.05, 3.63) is 65.7 Å². The third kappa shape index (κ3) is 9.51. The van der Waals surface area contributed by atoms with Gasteiger partial charge in [-0.25, -0.2) is 9.59 Å². The largest absolute Gasteiger partial charge is 0.489 e. The van der Waals surface area contributed by atoms with E-state index in [-0.39, 0.29) is 6.42 Å². The molecule has 0 radical (unpaired) electrons. The molecule has 0 aliphatic rings. The van der Waals surface area contributed by atoms with Crippen LogP contribution in [0.1, 0.15) is 38.8 Å². The minimum Gasteiger partial charge on any atom is -0.489 e. The Kier molecular flexibility index (Phi) is 9.69. The summed E-state index contributed by atoms with van der Waals surface area (Å²) in [4.78, 5) is 25.0. The summed E-state index contributed by atoms with van der Waals surface area (Å²) in [6.45, 7) is 6.49. The molecule has 1 amide bonds. The molecule has 3 atom stereocenters. The number of benzene rings is 2. The zero-order chi connectivity index (χ0) is 24.4. The zero-order valence-electron chi connectivity index (χ0n) is 19.5. The Morgan fingerprint density at radius 3 is 2.21 bits per heavy atom. The maximum atomic E-state index is 12.7. The third-order valence-corrected chi connectivity index (χ3v) is 4.62. The lowest BCUT2D eigenvalue weighted by atomic mass is 10.1. The number of aliphatic hydroxyl groups is 2. The molecule has 0 aliphatic heterocycles. The number of hydrogen-bond acceptors (Lipinski definition) is 7. The molecule has 8 heteroatoms. The lowest BCUT2D eigenvalue weighted by Gasteiger charge is -2.25. The molecule has 2 aromatic rings. The van der Waals surface area contributed by atoms with E-state index in [2.05, 4.69) is 5.32 Å². The highest BCUT2D eigenvalue weighted by atomic mass is 16.6. The Balaban J connectivity index is 2.05. The summed E-state index contributed by atoms with van der Waals surface area (Å²) < 4.78 is 16.3. The molecule has 2 rings (SSSR count). The van der Waals surface area contributed by atoms with Crippen molar-refractivity contribution >= 4 is 12.1 Å². The summed E-state index contributed by atoms with van der Waals surface area (Å²) >= 11 is 0. The van der Waals surface area contributed by atoms with E-state index in [4.69, 9.17) is 19.3 Å². The molecule has 0 heterocycles. The van der Waals surface area contributed by atoms with Crippen LogP contribution in [-0.2, 0) is 27.3 Å². The van der Waals surface area contributed by atoms with Crippen molar-refractivity contribution in [1.29, 1.82) is 0 Å². The number of nitrogens with one attached hydrogen (secondary N) is 1. The molecule has 33 heavy (non-hydrogen) atoms. The number of rotatable bonds is 10. The van der Waals surface area contributed by atoms with Gasteiger partial charge in [-0.3, -0.25) is 0 Å². The number of ether oxygens (including phenoxy) is 3. The van der Waals surface area contributed by atoms with Crippen molar-refractivity contribution in [2.45, 2.75) is 64.6 Å². The SMILES string of the molecule is C[C@H](OC(=O)C(Cc1ccc(OCc2ccccc2)cc1)NC(=O)OC(C)(C)C)[C@H](O)CO. The van der Waals surface area contributed by atoms with E-state index >= 15 is 0 Å². The molecule has 0 saturated heterocycles. The van der Waals surface area contributed by atoms with Crippen molar-refractivity contribution in [2.24, 2.45) is 0 Å². The lowest BCUT2D eigenvalue weighted by Crippen LogP contribution is -2.47. The third-order valence-electron chi connectivity index (χ3n) is 4.62. The number of alkyl carbamates (subject to hydrolysis) is 1. The summed E-state index contributed by atoms with van der Waals surface area (Å²) in [6.07, 6.45) is -2.79. The second-order valence-corrected chi connectivity index (χ2v) is 8.71. The monoisotopic (exact) mass is 459 g/mol. The molecule has 0 aliphatic carbocycles. The fourth-order valence-corrected chi connectivity index (χ4v) is 2.83. The first-order chi connectivity index (χ1) is 15.6. The van der Waals surface area contributed by atoms with Gasteiger partial charge >= 0.3 is 12.1 Å². The van der Waals surface area contributed by atoms with E-state index in [1.165, 1.54) is 6.92 Å². The van der Waals surface area contributed by atoms with Crippen LogP contribution in [0, 0.1) is 0 Å². The highest BCUT2D eigenvalue weighted by Gasteiger charge is 2.28. The maximum Gasteiger partial charge on any atom is 0.408 e. The van der Waals surface area contributed by atoms with Gasteiger partial charge in [-0.05, 0) is 51.0 Å². The van der Waals surface area contributed by atoms with Crippen molar-refractivity contribution in [3.63, 3.8) is 0 Å². The molecule has 8 nitrogen and oxygen atoms in total. The number of aliphatic hydroxyl groups excluding tert-OH is 2. The highest BCUT2D eigenvalue weighted by molar-refractivity contribution is 5.82. The van der Waals surface area contributed by atoms with Gasteiger partial charge in [0.05, 0.1) is 6.61 Å². The summed E-state index contributed by atoms with van der Waals surface area (Å²) in [5.41, 5.74) is 1.07. The highest BCUT2D eigenvalue weighted by Crippen LogP contribution is 2.16. The molecular weight excluding hydrogens is 426 g/mol. The fourth-order valence-electron chi connectivity index (χ4n) is 2.83. The molecule has 0 saturated carbocycles. The van der Waals surface area contributed by atoms with Crippen LogP contribution < -0.4 is 10.1 Å². The van der Waals surface area contributed by atoms with Gasteiger partial charge in [0.1, 0.15) is 36.2 Å². The predicted octanol–water partition coefficient (Wildman–Crippen LogP) is 2.99. The van der Waals surface area contributed by atoms with Crippen LogP contribution in [0.4, 0.5) is 4.79 Å². The van der Waals surface area contributed by atoms with Crippen LogP contribution >= 0.6 is 0 Å². The van der Waals surface area contributed by atoms with E-state index in [0.717, 1.165) is 11.1 Å². The zero-order valence-corrected chi connectivity index (χ0v) is 19.5. The molecule has 0 fully saturated rings. The van der Waals surface area contributed by atoms with E-state index in [1.807, 2.05) is 30.3 Å². The van der Waals surface area contributed by atoms with Gasteiger partial charge in [0, 0.05) is 6.42 Å². The van der Waals surface area contributed by atoms with Crippen molar-refractivity contribution in [1.82, 2.24) is 5.32 Å². The maximum absolute atomic E-state index is 12.7. The van der Waals surface area contributed by atoms with E-state index < -0.39 is 42.5 Å². The van der Waals surface area contributed by atoms with Gasteiger partial charge < -0.3 is 29.7 Å². The normalized spacial score (nSPS) is 14.0. The topological polar surface area (TPSA) is 114 Å². The molecule has 0 aromatic heterocycles. The molecule has 2 aromatic carbocycles. The molecule has 3 N–H and O–H groups in total. The molecule has 0 spiro atoms. The minimum absolute atomic E-state index is 0.138. The first-order valence-corrected chi connectivity index (χ1v) is 10.8. The van der Waals surface area contributed by atoms with Crippen LogP contribution in [-0.4, -0.2) is 52.7 Å². The van der Waals surface area contributed by atoms with Crippen LogP contribution in [0.15, 0.2) is 54.6 Å². The first kappa shape index (κ1) is 26.2. The average molecular weight is 460 g/mol. The summed E-state index contributed by atoms with van der Waals surface area (Å²) in [5, 5.41) is 21.3. The van der Waals surface area contributed by atoms with Gasteiger partial charge in [0.2, 0.25) is 0 Å². The van der Waals surface area contributed by atoms with Crippen LogP contribution in [0.2, 0.25) is 0 Å². The van der Waals surface area contributed by atoms with E-state index in [1.54, 1.807) is 45.0 Å². The number of carbonyl (C=O) groups excluding carboxylic acids is 2.